The molecule has 0 saturated carbocycles. The summed E-state index contributed by atoms with van der Waals surface area (Å²) in [5.41, 5.74) is 4.36. The number of nitrogens with zero attached hydrogens (tertiary/aromatic N) is 2. The van der Waals surface area contributed by atoms with Crippen molar-refractivity contribution in [3.63, 3.8) is 0 Å². The first-order valence-corrected chi connectivity index (χ1v) is 11.7. The number of carbonyl (C=O) groups is 2. The van der Waals surface area contributed by atoms with Gasteiger partial charge in [0.2, 0.25) is 0 Å². The van der Waals surface area contributed by atoms with Gasteiger partial charge in [0.05, 0.1) is 25.9 Å². The summed E-state index contributed by atoms with van der Waals surface area (Å²) in [6.45, 7) is 6.76. The smallest absolute Gasteiger partial charge is 0.281 e. The van der Waals surface area contributed by atoms with E-state index in [9.17, 15) is 14.7 Å². The zero-order chi connectivity index (χ0) is 22.5. The third kappa shape index (κ3) is 5.15. The summed E-state index contributed by atoms with van der Waals surface area (Å²) >= 11 is 8.44. The van der Waals surface area contributed by atoms with Gasteiger partial charge in [-0.2, -0.15) is 5.10 Å². The minimum atomic E-state index is -0.407. The minimum absolute atomic E-state index is 0.0911. The summed E-state index contributed by atoms with van der Waals surface area (Å²) in [5, 5.41) is 17.1. The van der Waals surface area contributed by atoms with Crippen molar-refractivity contribution in [1.29, 1.82) is 0 Å². The Labute approximate surface area is 193 Å². The van der Waals surface area contributed by atoms with Crippen LogP contribution in [0.25, 0.3) is 10.4 Å². The second kappa shape index (κ2) is 10.1. The van der Waals surface area contributed by atoms with E-state index in [1.165, 1.54) is 11.3 Å². The summed E-state index contributed by atoms with van der Waals surface area (Å²) in [5.74, 6) is -0.395. The zero-order valence-corrected chi connectivity index (χ0v) is 19.7. The van der Waals surface area contributed by atoms with Gasteiger partial charge in [0.1, 0.15) is 5.75 Å². The van der Waals surface area contributed by atoms with Gasteiger partial charge >= 0.3 is 0 Å². The number of rotatable bonds is 7. The maximum absolute atomic E-state index is 12.5. The van der Waals surface area contributed by atoms with Crippen LogP contribution < -0.4 is 5.43 Å². The lowest BCUT2D eigenvalue weighted by Crippen LogP contribution is -2.29. The van der Waals surface area contributed by atoms with Gasteiger partial charge in [-0.05, 0) is 50.6 Å². The maximum atomic E-state index is 12.5. The van der Waals surface area contributed by atoms with Crippen molar-refractivity contribution in [2.24, 2.45) is 5.10 Å². The maximum Gasteiger partial charge on any atom is 0.281 e. The third-order valence-corrected chi connectivity index (χ3v) is 7.02. The molecule has 3 rings (SSSR count). The molecule has 0 atom stereocenters. The highest BCUT2D eigenvalue weighted by Gasteiger charge is 2.18. The lowest BCUT2D eigenvalue weighted by atomic mass is 10.1. The van der Waals surface area contributed by atoms with Gasteiger partial charge in [-0.1, -0.05) is 23.7 Å². The summed E-state index contributed by atoms with van der Waals surface area (Å²) in [7, 11) is 0. The van der Waals surface area contributed by atoms with Crippen LogP contribution in [0.3, 0.4) is 0 Å². The molecule has 2 heterocycles. The number of amides is 2. The summed E-state index contributed by atoms with van der Waals surface area (Å²) in [6.07, 6.45) is 0. The number of hydrazone groups is 1. The number of halogens is 1. The number of aromatic hydroxyl groups is 1. The van der Waals surface area contributed by atoms with Crippen LogP contribution in [0.4, 0.5) is 0 Å². The fourth-order valence-corrected chi connectivity index (χ4v) is 4.91. The second-order valence-electron chi connectivity index (χ2n) is 6.61. The van der Waals surface area contributed by atoms with Gasteiger partial charge in [0.25, 0.3) is 11.8 Å². The van der Waals surface area contributed by atoms with Crippen molar-refractivity contribution in [2.75, 3.05) is 13.1 Å². The molecule has 0 unspecified atom stereocenters. The van der Waals surface area contributed by atoms with E-state index in [1.54, 1.807) is 41.5 Å². The monoisotopic (exact) mass is 475 g/mol. The number of carbonyl (C=O) groups excluding carboxylic acids is 2. The number of benzene rings is 1. The van der Waals surface area contributed by atoms with Gasteiger partial charge in [-0.25, -0.2) is 5.43 Å². The highest BCUT2D eigenvalue weighted by molar-refractivity contribution is 7.16. The molecule has 0 fully saturated rings. The largest absolute Gasteiger partial charge is 0.506 e. The molecule has 2 amide bonds. The van der Waals surface area contributed by atoms with Crippen LogP contribution >= 0.6 is 34.3 Å². The Bertz CT molecular complexity index is 1120. The van der Waals surface area contributed by atoms with E-state index in [1.807, 2.05) is 26.0 Å². The van der Waals surface area contributed by atoms with Crippen LogP contribution in [0.15, 0.2) is 46.9 Å². The zero-order valence-electron chi connectivity index (χ0n) is 17.3. The first-order valence-electron chi connectivity index (χ1n) is 9.66. The van der Waals surface area contributed by atoms with E-state index in [0.29, 0.717) is 44.0 Å². The van der Waals surface area contributed by atoms with E-state index in [4.69, 9.17) is 11.6 Å². The summed E-state index contributed by atoms with van der Waals surface area (Å²) in [6, 6.07) is 10.5. The quantitative estimate of drug-likeness (QED) is 0.351. The lowest BCUT2D eigenvalue weighted by molar-refractivity contribution is 0.0777. The van der Waals surface area contributed by atoms with Crippen LogP contribution in [0.1, 0.15) is 45.7 Å². The van der Waals surface area contributed by atoms with Gasteiger partial charge in [0, 0.05) is 23.5 Å². The molecule has 3 aromatic rings. The standard InChI is InChI=1S/C22H22ClN3O3S2/c1-4-26(5-2)22(29)18-11-10-17(31-18)21(28)25-24-13(3)16-12-30-20(19(16)27)14-6-8-15(23)9-7-14/h6-12,27H,4-5H2,1-3H3,(H,25,28)/b24-13+. The third-order valence-electron chi connectivity index (χ3n) is 4.68. The highest BCUT2D eigenvalue weighted by Crippen LogP contribution is 2.39. The van der Waals surface area contributed by atoms with Crippen molar-refractivity contribution in [2.45, 2.75) is 20.8 Å². The second-order valence-corrected chi connectivity index (χ2v) is 9.01. The average molecular weight is 476 g/mol. The predicted molar refractivity (Wildman–Crippen MR) is 128 cm³/mol. The first kappa shape index (κ1) is 23.0. The highest BCUT2D eigenvalue weighted by atomic mass is 35.5. The van der Waals surface area contributed by atoms with Gasteiger partial charge in [-0.15, -0.1) is 22.7 Å². The van der Waals surface area contributed by atoms with Crippen LogP contribution in [0, 0.1) is 0 Å². The van der Waals surface area contributed by atoms with Crippen LogP contribution in [-0.2, 0) is 0 Å². The Kier molecular flexibility index (Phi) is 7.48. The Balaban J connectivity index is 1.72. The Morgan fingerprint density at radius 1 is 1.10 bits per heavy atom. The van der Waals surface area contributed by atoms with Crippen molar-refractivity contribution in [1.82, 2.24) is 10.3 Å². The molecule has 2 aromatic heterocycles. The van der Waals surface area contributed by atoms with Gasteiger partial charge in [-0.3, -0.25) is 9.59 Å². The molecular weight excluding hydrogens is 454 g/mol. The van der Waals surface area contributed by atoms with Gasteiger partial charge in [0.15, 0.2) is 0 Å². The molecule has 9 heteroatoms. The Hall–Kier alpha value is -2.68. The number of thiophene rings is 2. The molecule has 0 aliphatic rings. The molecule has 162 valence electrons. The molecule has 6 nitrogen and oxygen atoms in total. The van der Waals surface area contributed by atoms with Crippen LogP contribution in [0.2, 0.25) is 5.02 Å². The fraction of sp³-hybridized carbons (Fsp3) is 0.227. The molecule has 0 radical (unpaired) electrons. The summed E-state index contributed by atoms with van der Waals surface area (Å²) < 4.78 is 0. The molecule has 0 aliphatic heterocycles. The normalized spacial score (nSPS) is 11.4. The van der Waals surface area contributed by atoms with E-state index in [-0.39, 0.29) is 11.7 Å². The average Bonchev–Trinajstić information content (AvgIpc) is 3.40. The van der Waals surface area contributed by atoms with Crippen molar-refractivity contribution in [3.8, 4) is 16.2 Å². The lowest BCUT2D eigenvalue weighted by Gasteiger charge is -2.17. The molecule has 1 aromatic carbocycles. The number of hydrogen-bond donors (Lipinski definition) is 2. The number of nitrogens with one attached hydrogen (secondary N) is 1. The van der Waals surface area contributed by atoms with E-state index >= 15 is 0 Å². The summed E-state index contributed by atoms with van der Waals surface area (Å²) in [4.78, 5) is 28.2. The molecule has 2 N–H and O–H groups in total. The molecule has 0 spiro atoms. The van der Waals surface area contributed by atoms with E-state index in [0.717, 1.165) is 16.9 Å². The minimum Gasteiger partial charge on any atom is -0.506 e. The molecule has 31 heavy (non-hydrogen) atoms. The molecule has 0 saturated heterocycles. The topological polar surface area (TPSA) is 82.0 Å². The van der Waals surface area contributed by atoms with Gasteiger partial charge < -0.3 is 10.0 Å². The van der Waals surface area contributed by atoms with E-state index < -0.39 is 5.91 Å². The Morgan fingerprint density at radius 3 is 2.39 bits per heavy atom. The molecular formula is C22H22ClN3O3S2. The molecule has 0 aliphatic carbocycles. The SMILES string of the molecule is CCN(CC)C(=O)c1ccc(C(=O)N/N=C(\C)c2csc(-c3ccc(Cl)cc3)c2O)s1. The van der Waals surface area contributed by atoms with Crippen LogP contribution in [0.5, 0.6) is 5.75 Å². The fourth-order valence-electron chi connectivity index (χ4n) is 2.91. The Morgan fingerprint density at radius 2 is 1.74 bits per heavy atom. The van der Waals surface area contributed by atoms with Crippen molar-refractivity contribution < 1.29 is 14.7 Å². The van der Waals surface area contributed by atoms with Crippen molar-refractivity contribution in [3.05, 3.63) is 62.1 Å². The van der Waals surface area contributed by atoms with E-state index in [2.05, 4.69) is 10.5 Å². The van der Waals surface area contributed by atoms with Crippen molar-refractivity contribution >= 4 is 51.8 Å². The van der Waals surface area contributed by atoms with Crippen LogP contribution in [-0.4, -0.2) is 40.6 Å². The first-order chi connectivity index (χ1) is 14.8. The molecule has 0 bridgehead atoms. The predicted octanol–water partition coefficient (Wildman–Crippen LogP) is 5.47. The number of hydrogen-bond acceptors (Lipinski definition) is 6.